The molecule has 2 heteroatoms. The zero-order chi connectivity index (χ0) is 12.4. The van der Waals surface area contributed by atoms with Gasteiger partial charge in [0.1, 0.15) is 0 Å². The van der Waals surface area contributed by atoms with Gasteiger partial charge in [0.2, 0.25) is 0 Å². The molecule has 0 saturated carbocycles. The summed E-state index contributed by atoms with van der Waals surface area (Å²) in [7, 11) is 0. The molecule has 0 heterocycles. The number of hydrogen-bond donors (Lipinski definition) is 1. The van der Waals surface area contributed by atoms with Crippen LogP contribution in [-0.2, 0) is 0 Å². The van der Waals surface area contributed by atoms with Gasteiger partial charge in [-0.05, 0) is 18.8 Å². The average molecular weight is 245 g/mol. The van der Waals surface area contributed by atoms with Gasteiger partial charge in [-0.3, -0.25) is 0 Å². The molecule has 0 spiro atoms. The Morgan fingerprint density at radius 1 is 1.12 bits per heavy atom. The van der Waals surface area contributed by atoms with Crippen molar-refractivity contribution in [3.63, 3.8) is 0 Å². The largest absolute Gasteiger partial charge is 0.327 e. The van der Waals surface area contributed by atoms with Crippen LogP contribution in [0.5, 0.6) is 0 Å². The van der Waals surface area contributed by atoms with Crippen molar-refractivity contribution in [2.75, 3.05) is 5.75 Å². The minimum absolute atomic E-state index is 0.404. The third kappa shape index (κ3) is 8.46. The van der Waals surface area contributed by atoms with Gasteiger partial charge in [0, 0.05) is 17.0 Å². The van der Waals surface area contributed by atoms with Crippen molar-refractivity contribution >= 4 is 11.8 Å². The van der Waals surface area contributed by atoms with Gasteiger partial charge in [0.25, 0.3) is 0 Å². The standard InChI is InChI=1S/C14H31NS/c1-5-8-9-13(7-3)10-14(15)11-16-12(4)6-2/h12-14H,5-11,15H2,1-4H3. The fourth-order valence-corrected chi connectivity index (χ4v) is 2.83. The minimum atomic E-state index is 0.404. The molecule has 0 fully saturated rings. The molecule has 3 atom stereocenters. The van der Waals surface area contributed by atoms with Crippen LogP contribution in [0.25, 0.3) is 0 Å². The number of unbranched alkanes of at least 4 members (excludes halogenated alkanes) is 1. The lowest BCUT2D eigenvalue weighted by Gasteiger charge is -2.20. The molecule has 1 nitrogen and oxygen atoms in total. The first kappa shape index (κ1) is 16.3. The van der Waals surface area contributed by atoms with Crippen LogP contribution in [0.2, 0.25) is 0 Å². The normalized spacial score (nSPS) is 17.1. The van der Waals surface area contributed by atoms with Gasteiger partial charge < -0.3 is 5.73 Å². The predicted molar refractivity (Wildman–Crippen MR) is 78.1 cm³/mol. The van der Waals surface area contributed by atoms with Gasteiger partial charge in [-0.1, -0.05) is 53.4 Å². The molecule has 0 aromatic heterocycles. The first-order chi connectivity index (χ1) is 7.63. The Morgan fingerprint density at radius 2 is 1.81 bits per heavy atom. The fourth-order valence-electron chi connectivity index (χ4n) is 1.88. The molecular formula is C14H31NS. The van der Waals surface area contributed by atoms with E-state index in [1.807, 2.05) is 11.8 Å². The van der Waals surface area contributed by atoms with Gasteiger partial charge in [-0.25, -0.2) is 0 Å². The highest BCUT2D eigenvalue weighted by atomic mass is 32.2. The highest BCUT2D eigenvalue weighted by molar-refractivity contribution is 7.99. The fraction of sp³-hybridized carbons (Fsp3) is 1.00. The summed E-state index contributed by atoms with van der Waals surface area (Å²) in [6.07, 6.45) is 7.82. The molecular weight excluding hydrogens is 214 g/mol. The molecule has 0 aromatic rings. The Bertz CT molecular complexity index is 150. The van der Waals surface area contributed by atoms with Crippen molar-refractivity contribution in [3.8, 4) is 0 Å². The van der Waals surface area contributed by atoms with Gasteiger partial charge in [0.05, 0.1) is 0 Å². The Morgan fingerprint density at radius 3 is 2.31 bits per heavy atom. The molecule has 0 amide bonds. The maximum Gasteiger partial charge on any atom is 0.0133 e. The van der Waals surface area contributed by atoms with Gasteiger partial charge in [-0.2, -0.15) is 11.8 Å². The third-order valence-corrected chi connectivity index (χ3v) is 4.87. The van der Waals surface area contributed by atoms with Crippen molar-refractivity contribution in [3.05, 3.63) is 0 Å². The van der Waals surface area contributed by atoms with Crippen molar-refractivity contribution in [1.29, 1.82) is 0 Å². The number of hydrogen-bond acceptors (Lipinski definition) is 2. The van der Waals surface area contributed by atoms with Crippen molar-refractivity contribution in [2.24, 2.45) is 11.7 Å². The zero-order valence-electron chi connectivity index (χ0n) is 11.7. The molecule has 0 aliphatic rings. The molecule has 0 rings (SSSR count). The van der Waals surface area contributed by atoms with Crippen LogP contribution in [0.1, 0.15) is 66.2 Å². The molecule has 0 radical (unpaired) electrons. The second-order valence-corrected chi connectivity index (χ2v) is 6.44. The smallest absolute Gasteiger partial charge is 0.0133 e. The van der Waals surface area contributed by atoms with E-state index >= 15 is 0 Å². The number of thioether (sulfide) groups is 1. The maximum absolute atomic E-state index is 6.20. The summed E-state index contributed by atoms with van der Waals surface area (Å²) in [4.78, 5) is 0. The maximum atomic E-state index is 6.20. The molecule has 0 aliphatic carbocycles. The molecule has 16 heavy (non-hydrogen) atoms. The van der Waals surface area contributed by atoms with E-state index in [2.05, 4.69) is 27.7 Å². The van der Waals surface area contributed by atoms with Crippen LogP contribution in [-0.4, -0.2) is 17.0 Å². The highest BCUT2D eigenvalue weighted by Crippen LogP contribution is 2.21. The topological polar surface area (TPSA) is 26.0 Å². The van der Waals surface area contributed by atoms with Crippen molar-refractivity contribution in [1.82, 2.24) is 0 Å². The summed E-state index contributed by atoms with van der Waals surface area (Å²) < 4.78 is 0. The Kier molecular flexibility index (Phi) is 10.7. The average Bonchev–Trinajstić information content (AvgIpc) is 2.31. The van der Waals surface area contributed by atoms with E-state index in [0.29, 0.717) is 6.04 Å². The molecule has 2 N–H and O–H groups in total. The molecule has 98 valence electrons. The minimum Gasteiger partial charge on any atom is -0.327 e. The van der Waals surface area contributed by atoms with E-state index in [0.717, 1.165) is 16.9 Å². The molecule has 0 aliphatic heterocycles. The highest BCUT2D eigenvalue weighted by Gasteiger charge is 2.12. The summed E-state index contributed by atoms with van der Waals surface area (Å²) in [5.41, 5.74) is 6.20. The lowest BCUT2D eigenvalue weighted by molar-refractivity contribution is 0.396. The van der Waals surface area contributed by atoms with Crippen molar-refractivity contribution < 1.29 is 0 Å². The van der Waals surface area contributed by atoms with Crippen LogP contribution in [0.3, 0.4) is 0 Å². The Balaban J connectivity index is 3.68. The lowest BCUT2D eigenvalue weighted by atomic mass is 9.93. The lowest BCUT2D eigenvalue weighted by Crippen LogP contribution is -2.27. The second kappa shape index (κ2) is 10.5. The first-order valence-corrected chi connectivity index (χ1v) is 8.05. The van der Waals surface area contributed by atoms with Crippen LogP contribution < -0.4 is 5.73 Å². The van der Waals surface area contributed by atoms with Crippen LogP contribution in [0.15, 0.2) is 0 Å². The van der Waals surface area contributed by atoms with E-state index in [-0.39, 0.29) is 0 Å². The number of rotatable bonds is 10. The van der Waals surface area contributed by atoms with E-state index in [4.69, 9.17) is 5.73 Å². The SMILES string of the molecule is CCCCC(CC)CC(N)CSC(C)CC. The quantitative estimate of drug-likeness (QED) is 0.615. The van der Waals surface area contributed by atoms with E-state index in [1.54, 1.807) is 0 Å². The molecule has 0 aromatic carbocycles. The Labute approximate surface area is 107 Å². The van der Waals surface area contributed by atoms with Gasteiger partial charge in [0.15, 0.2) is 0 Å². The molecule has 0 bridgehead atoms. The first-order valence-electron chi connectivity index (χ1n) is 7.01. The van der Waals surface area contributed by atoms with Crippen molar-refractivity contribution in [2.45, 2.75) is 77.5 Å². The van der Waals surface area contributed by atoms with E-state index < -0.39 is 0 Å². The summed E-state index contributed by atoms with van der Waals surface area (Å²) in [5, 5.41) is 0.766. The molecule has 3 unspecified atom stereocenters. The predicted octanol–water partition coefficient (Wildman–Crippen LogP) is 4.45. The zero-order valence-corrected chi connectivity index (χ0v) is 12.5. The van der Waals surface area contributed by atoms with Gasteiger partial charge in [-0.15, -0.1) is 0 Å². The molecule has 0 saturated heterocycles. The van der Waals surface area contributed by atoms with E-state index in [1.165, 1.54) is 38.5 Å². The van der Waals surface area contributed by atoms with Crippen LogP contribution in [0, 0.1) is 5.92 Å². The van der Waals surface area contributed by atoms with Crippen LogP contribution >= 0.6 is 11.8 Å². The Hall–Kier alpha value is 0.310. The number of nitrogens with two attached hydrogens (primary N) is 1. The summed E-state index contributed by atoms with van der Waals surface area (Å²) >= 11 is 2.04. The van der Waals surface area contributed by atoms with Crippen LogP contribution in [0.4, 0.5) is 0 Å². The second-order valence-electron chi connectivity index (χ2n) is 4.96. The summed E-state index contributed by atoms with van der Waals surface area (Å²) in [6, 6.07) is 0.404. The summed E-state index contributed by atoms with van der Waals surface area (Å²) in [5.74, 6) is 1.99. The van der Waals surface area contributed by atoms with E-state index in [9.17, 15) is 0 Å². The monoisotopic (exact) mass is 245 g/mol. The van der Waals surface area contributed by atoms with Gasteiger partial charge >= 0.3 is 0 Å². The summed E-state index contributed by atoms with van der Waals surface area (Å²) in [6.45, 7) is 9.12. The third-order valence-electron chi connectivity index (χ3n) is 3.35.